The molecule has 2 atom stereocenters. The van der Waals surface area contributed by atoms with Gasteiger partial charge in [-0.3, -0.25) is 0 Å². The first-order valence-corrected chi connectivity index (χ1v) is 3.74. The molecule has 64 valence electrons. The van der Waals surface area contributed by atoms with Crippen molar-refractivity contribution in [2.24, 2.45) is 5.92 Å². The van der Waals surface area contributed by atoms with Gasteiger partial charge in [0.15, 0.2) is 0 Å². The van der Waals surface area contributed by atoms with Crippen LogP contribution in [0.25, 0.3) is 0 Å². The Morgan fingerprint density at radius 1 is 1.73 bits per heavy atom. The van der Waals surface area contributed by atoms with E-state index in [1.54, 1.807) is 13.8 Å². The molecule has 0 aromatic rings. The molecule has 2 unspecified atom stereocenters. The van der Waals surface area contributed by atoms with Crippen LogP contribution in [0.15, 0.2) is 0 Å². The fourth-order valence-corrected chi connectivity index (χ4v) is 0.573. The van der Waals surface area contributed by atoms with Crippen LogP contribution in [0.3, 0.4) is 0 Å². The van der Waals surface area contributed by atoms with Crippen molar-refractivity contribution >= 4 is 0 Å². The molecule has 0 aromatic heterocycles. The smallest absolute Gasteiger partial charge is 0.101 e. The normalized spacial score (nSPS) is 18.5. The Labute approximate surface area is 67.6 Å². The summed E-state index contributed by atoms with van der Waals surface area (Å²) < 4.78 is 5.02. The van der Waals surface area contributed by atoms with Gasteiger partial charge in [-0.05, 0) is 20.8 Å². The molecule has 3 nitrogen and oxygen atoms in total. The van der Waals surface area contributed by atoms with E-state index in [0.29, 0.717) is 6.61 Å². The van der Waals surface area contributed by atoms with E-state index >= 15 is 0 Å². The van der Waals surface area contributed by atoms with Crippen molar-refractivity contribution in [1.29, 1.82) is 5.26 Å². The summed E-state index contributed by atoms with van der Waals surface area (Å²) in [5.74, 6) is -0.394. The number of aliphatic hydroxyl groups is 1. The van der Waals surface area contributed by atoms with Crippen molar-refractivity contribution in [3.63, 3.8) is 0 Å². The third-order valence-corrected chi connectivity index (χ3v) is 1.72. The van der Waals surface area contributed by atoms with Gasteiger partial charge in [-0.25, -0.2) is 0 Å². The number of hydrogen-bond acceptors (Lipinski definition) is 3. The van der Waals surface area contributed by atoms with Crippen molar-refractivity contribution < 1.29 is 9.84 Å². The molecule has 0 bridgehead atoms. The Morgan fingerprint density at radius 3 is 2.64 bits per heavy atom. The minimum Gasteiger partial charge on any atom is -0.386 e. The van der Waals surface area contributed by atoms with Gasteiger partial charge in [-0.1, -0.05) is 0 Å². The van der Waals surface area contributed by atoms with Gasteiger partial charge in [-0.15, -0.1) is 0 Å². The highest BCUT2D eigenvalue weighted by molar-refractivity contribution is 4.93. The highest BCUT2D eigenvalue weighted by Crippen LogP contribution is 2.15. The average molecular weight is 157 g/mol. The van der Waals surface area contributed by atoms with Crippen LogP contribution in [0.2, 0.25) is 0 Å². The molecular weight excluding hydrogens is 142 g/mol. The molecule has 0 aliphatic rings. The zero-order valence-corrected chi connectivity index (χ0v) is 7.29. The van der Waals surface area contributed by atoms with Crippen LogP contribution >= 0.6 is 0 Å². The minimum atomic E-state index is -1.02. The third kappa shape index (κ3) is 3.35. The first-order chi connectivity index (χ1) is 5.04. The van der Waals surface area contributed by atoms with Crippen LogP contribution in [0.4, 0.5) is 0 Å². The van der Waals surface area contributed by atoms with E-state index in [4.69, 9.17) is 10.00 Å². The molecule has 0 radical (unpaired) electrons. The molecule has 0 amide bonds. The standard InChI is InChI=1S/C8H15NO2/c1-4-11-6-8(3,10)7(2)5-9/h7,10H,4,6H2,1-3H3. The Hall–Kier alpha value is -0.590. The van der Waals surface area contributed by atoms with Crippen LogP contribution in [0.5, 0.6) is 0 Å². The van der Waals surface area contributed by atoms with E-state index in [1.165, 1.54) is 0 Å². The second-order valence-corrected chi connectivity index (χ2v) is 2.85. The van der Waals surface area contributed by atoms with E-state index in [1.807, 2.05) is 13.0 Å². The first kappa shape index (κ1) is 10.4. The largest absolute Gasteiger partial charge is 0.386 e. The monoisotopic (exact) mass is 157 g/mol. The lowest BCUT2D eigenvalue weighted by Gasteiger charge is -2.24. The number of nitrogens with zero attached hydrogens (tertiary/aromatic N) is 1. The summed E-state index contributed by atoms with van der Waals surface area (Å²) in [7, 11) is 0. The van der Waals surface area contributed by atoms with Crippen molar-refractivity contribution in [3.05, 3.63) is 0 Å². The molecule has 0 aliphatic heterocycles. The lowest BCUT2D eigenvalue weighted by atomic mass is 9.93. The topological polar surface area (TPSA) is 53.2 Å². The summed E-state index contributed by atoms with van der Waals surface area (Å²) in [5.41, 5.74) is -1.02. The summed E-state index contributed by atoms with van der Waals surface area (Å²) in [4.78, 5) is 0. The van der Waals surface area contributed by atoms with E-state index in [2.05, 4.69) is 0 Å². The Morgan fingerprint density at radius 2 is 2.27 bits per heavy atom. The zero-order chi connectivity index (χ0) is 8.91. The van der Waals surface area contributed by atoms with Crippen molar-refractivity contribution in [2.45, 2.75) is 26.4 Å². The number of rotatable bonds is 4. The Balaban J connectivity index is 3.90. The summed E-state index contributed by atoms with van der Waals surface area (Å²) in [6.07, 6.45) is 0. The quantitative estimate of drug-likeness (QED) is 0.660. The van der Waals surface area contributed by atoms with Gasteiger partial charge < -0.3 is 9.84 Å². The SMILES string of the molecule is CCOCC(C)(O)C(C)C#N. The van der Waals surface area contributed by atoms with Crippen LogP contribution in [0, 0.1) is 17.2 Å². The van der Waals surface area contributed by atoms with Gasteiger partial charge in [-0.2, -0.15) is 5.26 Å². The van der Waals surface area contributed by atoms with Gasteiger partial charge in [0.2, 0.25) is 0 Å². The lowest BCUT2D eigenvalue weighted by Crippen LogP contribution is -2.37. The molecule has 1 N–H and O–H groups in total. The molecule has 0 aliphatic carbocycles. The van der Waals surface area contributed by atoms with Crippen LogP contribution in [-0.2, 0) is 4.74 Å². The molecule has 0 saturated carbocycles. The maximum Gasteiger partial charge on any atom is 0.101 e. The molecule has 11 heavy (non-hydrogen) atoms. The number of nitriles is 1. The third-order valence-electron chi connectivity index (χ3n) is 1.72. The Kier molecular flexibility index (Phi) is 4.09. The maximum atomic E-state index is 9.57. The van der Waals surface area contributed by atoms with Crippen LogP contribution in [-0.4, -0.2) is 23.9 Å². The summed E-state index contributed by atoms with van der Waals surface area (Å²) in [6, 6.07) is 1.98. The van der Waals surface area contributed by atoms with Crippen LogP contribution < -0.4 is 0 Å². The predicted octanol–water partition coefficient (Wildman–Crippen LogP) is 0.934. The second kappa shape index (κ2) is 4.32. The first-order valence-electron chi connectivity index (χ1n) is 3.74. The highest BCUT2D eigenvalue weighted by atomic mass is 16.5. The van der Waals surface area contributed by atoms with E-state index < -0.39 is 11.5 Å². The second-order valence-electron chi connectivity index (χ2n) is 2.85. The lowest BCUT2D eigenvalue weighted by molar-refractivity contribution is -0.0513. The fraction of sp³-hybridized carbons (Fsp3) is 0.875. The minimum absolute atomic E-state index is 0.220. The van der Waals surface area contributed by atoms with E-state index in [0.717, 1.165) is 0 Å². The molecular formula is C8H15NO2. The predicted molar refractivity (Wildman–Crippen MR) is 41.9 cm³/mol. The highest BCUT2D eigenvalue weighted by Gasteiger charge is 2.28. The van der Waals surface area contributed by atoms with Crippen molar-refractivity contribution in [3.8, 4) is 6.07 Å². The summed E-state index contributed by atoms with van der Waals surface area (Å²) in [5, 5.41) is 18.1. The van der Waals surface area contributed by atoms with Gasteiger partial charge in [0.05, 0.1) is 18.6 Å². The molecule has 0 heterocycles. The van der Waals surface area contributed by atoms with E-state index in [-0.39, 0.29) is 6.61 Å². The van der Waals surface area contributed by atoms with Gasteiger partial charge in [0.1, 0.15) is 5.60 Å². The zero-order valence-electron chi connectivity index (χ0n) is 7.29. The van der Waals surface area contributed by atoms with Crippen molar-refractivity contribution in [1.82, 2.24) is 0 Å². The summed E-state index contributed by atoms with van der Waals surface area (Å²) >= 11 is 0. The van der Waals surface area contributed by atoms with Gasteiger partial charge in [0, 0.05) is 6.61 Å². The van der Waals surface area contributed by atoms with Crippen LogP contribution in [0.1, 0.15) is 20.8 Å². The molecule has 0 spiro atoms. The molecule has 0 fully saturated rings. The fourth-order valence-electron chi connectivity index (χ4n) is 0.573. The number of ether oxygens (including phenoxy) is 1. The van der Waals surface area contributed by atoms with Gasteiger partial charge in [0.25, 0.3) is 0 Å². The molecule has 0 rings (SSSR count). The van der Waals surface area contributed by atoms with Crippen molar-refractivity contribution in [2.75, 3.05) is 13.2 Å². The van der Waals surface area contributed by atoms with Gasteiger partial charge >= 0.3 is 0 Å². The maximum absolute atomic E-state index is 9.57. The molecule has 0 aromatic carbocycles. The molecule has 3 heteroatoms. The molecule has 0 saturated heterocycles. The van der Waals surface area contributed by atoms with E-state index in [9.17, 15) is 5.11 Å². The Bertz CT molecular complexity index is 149. The summed E-state index contributed by atoms with van der Waals surface area (Å²) in [6.45, 7) is 5.93. The number of hydrogen-bond donors (Lipinski definition) is 1. The average Bonchev–Trinajstić information content (AvgIpc) is 1.99.